The van der Waals surface area contributed by atoms with E-state index in [1.165, 1.54) is 6.92 Å². The number of aldehydes is 1. The lowest BCUT2D eigenvalue weighted by molar-refractivity contribution is -0.114. The van der Waals surface area contributed by atoms with Gasteiger partial charge in [0.05, 0.1) is 18.9 Å². The topological polar surface area (TPSA) is 64.6 Å². The number of carbonyl (C=O) groups is 2. The molecule has 1 N–H and O–H groups in total. The minimum absolute atomic E-state index is 0.234. The van der Waals surface area contributed by atoms with Crippen molar-refractivity contribution in [1.82, 2.24) is 0 Å². The Bertz CT molecular complexity index is 456. The second-order valence-electron chi connectivity index (χ2n) is 3.74. The molecule has 1 aliphatic rings. The number of hydrogen-bond acceptors (Lipinski definition) is 4. The SMILES string of the molecule is CC(=O)Nc1cc2c(cc1C=O)OCCCO2. The zero-order valence-corrected chi connectivity index (χ0v) is 9.49. The van der Waals surface area contributed by atoms with Crippen molar-refractivity contribution in [3.63, 3.8) is 0 Å². The molecule has 0 aromatic heterocycles. The number of carbonyl (C=O) groups excluding carboxylic acids is 2. The molecule has 5 heteroatoms. The average Bonchev–Trinajstić information content (AvgIpc) is 2.51. The highest BCUT2D eigenvalue weighted by Crippen LogP contribution is 2.34. The second-order valence-corrected chi connectivity index (χ2v) is 3.74. The van der Waals surface area contributed by atoms with Crippen molar-refractivity contribution in [2.24, 2.45) is 0 Å². The lowest BCUT2D eigenvalue weighted by Gasteiger charge is -2.11. The molecule has 0 spiro atoms. The van der Waals surface area contributed by atoms with Crippen LogP contribution < -0.4 is 14.8 Å². The molecule has 0 saturated heterocycles. The fraction of sp³-hybridized carbons (Fsp3) is 0.333. The molecule has 90 valence electrons. The Morgan fingerprint density at radius 1 is 1.29 bits per heavy atom. The molecule has 1 aliphatic heterocycles. The molecule has 1 aromatic rings. The van der Waals surface area contributed by atoms with Gasteiger partial charge in [-0.1, -0.05) is 0 Å². The van der Waals surface area contributed by atoms with Gasteiger partial charge in [0.15, 0.2) is 17.8 Å². The van der Waals surface area contributed by atoms with Crippen molar-refractivity contribution in [3.05, 3.63) is 17.7 Å². The molecule has 17 heavy (non-hydrogen) atoms. The Hall–Kier alpha value is -2.04. The molecule has 1 amide bonds. The van der Waals surface area contributed by atoms with Gasteiger partial charge >= 0.3 is 0 Å². The lowest BCUT2D eigenvalue weighted by Crippen LogP contribution is -2.08. The second kappa shape index (κ2) is 4.86. The van der Waals surface area contributed by atoms with E-state index < -0.39 is 0 Å². The third-order valence-corrected chi connectivity index (χ3v) is 2.36. The van der Waals surface area contributed by atoms with Gasteiger partial charge in [-0.05, 0) is 6.07 Å². The van der Waals surface area contributed by atoms with Gasteiger partial charge in [-0.2, -0.15) is 0 Å². The van der Waals surface area contributed by atoms with Gasteiger partial charge in [0.25, 0.3) is 0 Å². The summed E-state index contributed by atoms with van der Waals surface area (Å²) in [7, 11) is 0. The Kier molecular flexibility index (Phi) is 3.27. The summed E-state index contributed by atoms with van der Waals surface area (Å²) in [5, 5.41) is 2.59. The number of benzene rings is 1. The van der Waals surface area contributed by atoms with Crippen LogP contribution in [0.5, 0.6) is 11.5 Å². The first-order valence-electron chi connectivity index (χ1n) is 5.37. The molecule has 0 atom stereocenters. The molecule has 0 aliphatic carbocycles. The van der Waals surface area contributed by atoms with Gasteiger partial charge in [-0.15, -0.1) is 0 Å². The van der Waals surface area contributed by atoms with Crippen LogP contribution in [0, 0.1) is 0 Å². The molecule has 0 saturated carbocycles. The Morgan fingerprint density at radius 3 is 2.53 bits per heavy atom. The van der Waals surface area contributed by atoms with E-state index in [0.29, 0.717) is 42.2 Å². The quantitative estimate of drug-likeness (QED) is 0.791. The molecule has 1 heterocycles. The number of rotatable bonds is 2. The first-order valence-corrected chi connectivity index (χ1v) is 5.37. The molecule has 0 unspecified atom stereocenters. The van der Waals surface area contributed by atoms with Crippen LogP contribution in [-0.4, -0.2) is 25.4 Å². The maximum Gasteiger partial charge on any atom is 0.221 e. The van der Waals surface area contributed by atoms with Gasteiger partial charge in [0, 0.05) is 25.0 Å². The van der Waals surface area contributed by atoms with E-state index in [-0.39, 0.29) is 5.91 Å². The van der Waals surface area contributed by atoms with E-state index in [1.807, 2.05) is 0 Å². The third kappa shape index (κ3) is 2.55. The molecule has 2 rings (SSSR count). The van der Waals surface area contributed by atoms with Crippen LogP contribution in [0.1, 0.15) is 23.7 Å². The lowest BCUT2D eigenvalue weighted by atomic mass is 10.1. The molecular formula is C12H13NO4. The summed E-state index contributed by atoms with van der Waals surface area (Å²) in [5.41, 5.74) is 0.821. The van der Waals surface area contributed by atoms with Crippen molar-refractivity contribution in [3.8, 4) is 11.5 Å². The fourth-order valence-corrected chi connectivity index (χ4v) is 1.62. The number of anilines is 1. The molecular weight excluding hydrogens is 222 g/mol. The van der Waals surface area contributed by atoms with E-state index in [1.54, 1.807) is 12.1 Å². The first-order chi connectivity index (χ1) is 8.20. The summed E-state index contributed by atoms with van der Waals surface area (Å²) in [4.78, 5) is 22.0. The van der Waals surface area contributed by atoms with Crippen molar-refractivity contribution in [1.29, 1.82) is 0 Å². The van der Waals surface area contributed by atoms with Crippen molar-refractivity contribution in [2.75, 3.05) is 18.5 Å². The van der Waals surface area contributed by atoms with Gasteiger partial charge in [-0.3, -0.25) is 9.59 Å². The monoisotopic (exact) mass is 235 g/mol. The minimum Gasteiger partial charge on any atom is -0.490 e. The molecule has 1 aromatic carbocycles. The highest BCUT2D eigenvalue weighted by molar-refractivity contribution is 5.96. The maximum atomic E-state index is 11.0. The number of fused-ring (bicyclic) bond motifs is 1. The van der Waals surface area contributed by atoms with E-state index in [4.69, 9.17) is 9.47 Å². The minimum atomic E-state index is -0.234. The maximum absolute atomic E-state index is 11.0. The fourth-order valence-electron chi connectivity index (χ4n) is 1.62. The zero-order chi connectivity index (χ0) is 12.3. The number of nitrogens with one attached hydrogen (secondary N) is 1. The summed E-state index contributed by atoms with van der Waals surface area (Å²) in [6.07, 6.45) is 1.47. The van der Waals surface area contributed by atoms with Crippen LogP contribution in [-0.2, 0) is 4.79 Å². The summed E-state index contributed by atoms with van der Waals surface area (Å²) in [6, 6.07) is 3.20. The van der Waals surface area contributed by atoms with E-state index >= 15 is 0 Å². The van der Waals surface area contributed by atoms with Crippen LogP contribution in [0.25, 0.3) is 0 Å². The van der Waals surface area contributed by atoms with Crippen LogP contribution in [0.4, 0.5) is 5.69 Å². The summed E-state index contributed by atoms with van der Waals surface area (Å²) in [6.45, 7) is 2.51. The van der Waals surface area contributed by atoms with Gasteiger partial charge in [0.1, 0.15) is 0 Å². The summed E-state index contributed by atoms with van der Waals surface area (Å²) in [5.74, 6) is 0.859. The standard InChI is InChI=1S/C12H13NO4/c1-8(15)13-10-6-12-11(5-9(10)7-14)16-3-2-4-17-12/h5-7H,2-4H2,1H3,(H,13,15). The molecule has 0 fully saturated rings. The van der Waals surface area contributed by atoms with E-state index in [0.717, 1.165) is 6.42 Å². The number of ether oxygens (including phenoxy) is 2. The van der Waals surface area contributed by atoms with Crippen molar-refractivity contribution < 1.29 is 19.1 Å². The molecule has 0 radical (unpaired) electrons. The molecule has 5 nitrogen and oxygen atoms in total. The Labute approximate surface area is 98.7 Å². The Balaban J connectivity index is 2.41. The largest absolute Gasteiger partial charge is 0.490 e. The van der Waals surface area contributed by atoms with Gasteiger partial charge in [-0.25, -0.2) is 0 Å². The smallest absolute Gasteiger partial charge is 0.221 e. The number of amides is 1. The zero-order valence-electron chi connectivity index (χ0n) is 9.49. The highest BCUT2D eigenvalue weighted by Gasteiger charge is 2.15. The van der Waals surface area contributed by atoms with Crippen LogP contribution in [0.15, 0.2) is 12.1 Å². The normalized spacial score (nSPS) is 13.7. The van der Waals surface area contributed by atoms with Crippen molar-refractivity contribution in [2.45, 2.75) is 13.3 Å². The van der Waals surface area contributed by atoms with Crippen LogP contribution in [0.2, 0.25) is 0 Å². The van der Waals surface area contributed by atoms with Crippen LogP contribution >= 0.6 is 0 Å². The van der Waals surface area contributed by atoms with E-state index in [9.17, 15) is 9.59 Å². The predicted molar refractivity (Wildman–Crippen MR) is 61.7 cm³/mol. The average molecular weight is 235 g/mol. The van der Waals surface area contributed by atoms with Gasteiger partial charge in [0.2, 0.25) is 5.91 Å². The molecule has 0 bridgehead atoms. The highest BCUT2D eigenvalue weighted by atomic mass is 16.5. The van der Waals surface area contributed by atoms with E-state index in [2.05, 4.69) is 5.32 Å². The van der Waals surface area contributed by atoms with Gasteiger partial charge < -0.3 is 14.8 Å². The Morgan fingerprint density at radius 2 is 1.94 bits per heavy atom. The predicted octanol–water partition coefficient (Wildman–Crippen LogP) is 1.62. The van der Waals surface area contributed by atoms with Crippen LogP contribution in [0.3, 0.4) is 0 Å². The van der Waals surface area contributed by atoms with Crippen molar-refractivity contribution >= 4 is 17.9 Å². The first kappa shape index (κ1) is 11.4. The summed E-state index contributed by atoms with van der Waals surface area (Å²) >= 11 is 0. The third-order valence-electron chi connectivity index (χ3n) is 2.36. The number of hydrogen-bond donors (Lipinski definition) is 1. The summed E-state index contributed by atoms with van der Waals surface area (Å²) < 4.78 is 10.9.